The number of imidazole rings is 1. The quantitative estimate of drug-likeness (QED) is 0.277. The zero-order valence-corrected chi connectivity index (χ0v) is 23.5. The predicted molar refractivity (Wildman–Crippen MR) is 156 cm³/mol. The van der Waals surface area contributed by atoms with E-state index in [4.69, 9.17) is 21.1 Å². The molecule has 1 N–H and O–H groups in total. The van der Waals surface area contributed by atoms with Crippen LogP contribution in [-0.2, 0) is 16.0 Å². The summed E-state index contributed by atoms with van der Waals surface area (Å²) in [5, 5.41) is 3.37. The first-order valence-corrected chi connectivity index (χ1v) is 14.3. The largest absolute Gasteiger partial charge is 0.495 e. The molecule has 2 aromatic carbocycles. The third kappa shape index (κ3) is 6.48. The number of methoxy groups -OCH3 is 1. The van der Waals surface area contributed by atoms with Gasteiger partial charge in [0.05, 0.1) is 44.1 Å². The number of benzene rings is 2. The van der Waals surface area contributed by atoms with Crippen LogP contribution in [0.4, 0.5) is 5.69 Å². The zero-order valence-electron chi connectivity index (χ0n) is 22.8. The van der Waals surface area contributed by atoms with Gasteiger partial charge in [-0.2, -0.15) is 0 Å². The molecule has 1 saturated heterocycles. The summed E-state index contributed by atoms with van der Waals surface area (Å²) < 4.78 is 13.2. The van der Waals surface area contributed by atoms with Crippen LogP contribution < -0.4 is 15.0 Å². The molecule has 206 valence electrons. The minimum atomic E-state index is -0.0389. The molecule has 1 aromatic heterocycles. The summed E-state index contributed by atoms with van der Waals surface area (Å²) in [5.74, 6) is 1.18. The molecule has 7 nitrogen and oxygen atoms in total. The molecule has 1 unspecified atom stereocenters. The Balaban J connectivity index is 1.38. The summed E-state index contributed by atoms with van der Waals surface area (Å²) in [5.41, 5.74) is 7.23. The van der Waals surface area contributed by atoms with Gasteiger partial charge in [-0.3, -0.25) is 4.79 Å². The number of aryl methyl sites for hydroxylation is 2. The van der Waals surface area contributed by atoms with Crippen molar-refractivity contribution in [2.45, 2.75) is 45.1 Å². The van der Waals surface area contributed by atoms with Crippen LogP contribution >= 0.6 is 11.6 Å². The monoisotopic (exact) mass is 548 g/mol. The molecule has 2 aliphatic rings. The maximum atomic E-state index is 13.7. The molecule has 0 saturated carbocycles. The third-order valence-corrected chi connectivity index (χ3v) is 7.80. The second kappa shape index (κ2) is 12.7. The fourth-order valence-electron chi connectivity index (χ4n) is 5.47. The second-order valence-electron chi connectivity index (χ2n) is 10.2. The smallest absolute Gasteiger partial charge is 0.247 e. The lowest BCUT2D eigenvalue weighted by molar-refractivity contribution is -0.118. The van der Waals surface area contributed by atoms with Crippen molar-refractivity contribution in [2.24, 2.45) is 0 Å². The topological polar surface area (TPSA) is 68.6 Å². The van der Waals surface area contributed by atoms with Crippen LogP contribution in [0.5, 0.6) is 5.75 Å². The van der Waals surface area contributed by atoms with E-state index in [0.717, 1.165) is 80.3 Å². The van der Waals surface area contributed by atoms with Crippen LogP contribution in [0.15, 0.2) is 54.5 Å². The number of aromatic nitrogens is 2. The summed E-state index contributed by atoms with van der Waals surface area (Å²) in [6.45, 7) is 5.24. The minimum Gasteiger partial charge on any atom is -0.495 e. The van der Waals surface area contributed by atoms with Crippen molar-refractivity contribution < 1.29 is 14.3 Å². The summed E-state index contributed by atoms with van der Waals surface area (Å²) in [4.78, 5) is 20.4. The van der Waals surface area contributed by atoms with E-state index in [0.29, 0.717) is 12.3 Å². The Morgan fingerprint density at radius 3 is 2.82 bits per heavy atom. The molecule has 1 aliphatic heterocycles. The van der Waals surface area contributed by atoms with Gasteiger partial charge in [0, 0.05) is 36.4 Å². The molecule has 1 amide bonds. The molecule has 8 heteroatoms. The first-order valence-electron chi connectivity index (χ1n) is 13.8. The number of anilines is 1. The fourth-order valence-corrected chi connectivity index (χ4v) is 5.60. The maximum Gasteiger partial charge on any atom is 0.247 e. The van der Waals surface area contributed by atoms with Crippen molar-refractivity contribution >= 4 is 29.3 Å². The van der Waals surface area contributed by atoms with E-state index in [1.165, 1.54) is 16.8 Å². The molecule has 3 aromatic rings. The maximum absolute atomic E-state index is 13.7. The number of amides is 1. The highest BCUT2D eigenvalue weighted by atomic mass is 35.5. The Morgan fingerprint density at radius 1 is 1.23 bits per heavy atom. The third-order valence-electron chi connectivity index (χ3n) is 7.53. The molecule has 39 heavy (non-hydrogen) atoms. The van der Waals surface area contributed by atoms with Gasteiger partial charge in [0.25, 0.3) is 0 Å². The van der Waals surface area contributed by atoms with Gasteiger partial charge in [-0.05, 0) is 86.1 Å². The van der Waals surface area contributed by atoms with Crippen LogP contribution in [-0.4, -0.2) is 54.8 Å². The number of halogens is 1. The van der Waals surface area contributed by atoms with Gasteiger partial charge in [-0.25, -0.2) is 4.98 Å². The highest BCUT2D eigenvalue weighted by Crippen LogP contribution is 2.34. The van der Waals surface area contributed by atoms with Crippen molar-refractivity contribution in [1.82, 2.24) is 14.9 Å². The number of carbonyl (C=O) groups is 1. The van der Waals surface area contributed by atoms with E-state index in [2.05, 4.69) is 33.4 Å². The lowest BCUT2D eigenvalue weighted by Crippen LogP contribution is -2.36. The molecule has 5 rings (SSSR count). The van der Waals surface area contributed by atoms with Gasteiger partial charge < -0.3 is 24.3 Å². The number of alkyl halides is 1. The number of nitrogens with zero attached hydrogens (tertiary/aromatic N) is 3. The first kappa shape index (κ1) is 27.3. The summed E-state index contributed by atoms with van der Waals surface area (Å²) >= 11 is 6.04. The number of nitrogens with one attached hydrogen (secondary N) is 1. The van der Waals surface area contributed by atoms with Crippen LogP contribution in [0.25, 0.3) is 11.8 Å². The van der Waals surface area contributed by atoms with E-state index in [-0.39, 0.29) is 11.9 Å². The Morgan fingerprint density at radius 2 is 2.08 bits per heavy atom. The average molecular weight is 549 g/mol. The van der Waals surface area contributed by atoms with Crippen LogP contribution in [0.3, 0.4) is 0 Å². The number of morpholine rings is 1. The molecule has 2 heterocycles. The summed E-state index contributed by atoms with van der Waals surface area (Å²) in [7, 11) is 1.66. The Bertz CT molecular complexity index is 1330. The summed E-state index contributed by atoms with van der Waals surface area (Å²) in [6, 6.07) is 12.7. The lowest BCUT2D eigenvalue weighted by atomic mass is 9.87. The molecular formula is C31H37ClN4O3. The van der Waals surface area contributed by atoms with E-state index in [1.54, 1.807) is 13.4 Å². The number of carbonyl (C=O) groups excluding carboxylic acids is 1. The molecule has 0 spiro atoms. The Hall–Kier alpha value is -3.29. The van der Waals surface area contributed by atoms with E-state index < -0.39 is 0 Å². The number of ether oxygens (including phenoxy) is 2. The van der Waals surface area contributed by atoms with Crippen molar-refractivity contribution in [3.8, 4) is 11.4 Å². The number of fused-ring (bicyclic) bond motifs is 1. The molecular weight excluding hydrogens is 512 g/mol. The van der Waals surface area contributed by atoms with E-state index >= 15 is 0 Å². The molecule has 0 bridgehead atoms. The van der Waals surface area contributed by atoms with Gasteiger partial charge >= 0.3 is 0 Å². The van der Waals surface area contributed by atoms with Gasteiger partial charge in [0.1, 0.15) is 5.75 Å². The molecule has 1 aliphatic carbocycles. The highest BCUT2D eigenvalue weighted by molar-refractivity contribution is 6.17. The normalized spacial score (nSPS) is 17.6. The number of hydrogen-bond acceptors (Lipinski definition) is 5. The van der Waals surface area contributed by atoms with Gasteiger partial charge in [-0.15, -0.1) is 11.6 Å². The van der Waals surface area contributed by atoms with E-state index in [9.17, 15) is 4.79 Å². The first-order chi connectivity index (χ1) is 19.1. The minimum absolute atomic E-state index is 0.0111. The predicted octanol–water partition coefficient (Wildman–Crippen LogP) is 5.62. The van der Waals surface area contributed by atoms with Crippen molar-refractivity contribution in [3.05, 3.63) is 76.9 Å². The SMILES string of the molecule is COc1cc(C=C(CCCCl)C(=O)NC2CCCc3ccc(N4CCOCC4)cc32)ccc1-n1cnc(C)c1. The standard InChI is InChI=1S/C31H37ClN4O3/c1-22-20-36(21-33-22)29-11-8-23(18-30(29)38-2)17-25(6-4-12-32)31(37)34-28-7-3-5-24-9-10-26(19-27(24)28)35-13-15-39-16-14-35/h8-11,17-21,28H,3-7,12-16H2,1-2H3,(H,34,37). The van der Waals surface area contributed by atoms with Gasteiger partial charge in [0.15, 0.2) is 0 Å². The van der Waals surface area contributed by atoms with Gasteiger partial charge in [0.2, 0.25) is 5.91 Å². The highest BCUT2D eigenvalue weighted by Gasteiger charge is 2.25. The Kier molecular flexibility index (Phi) is 8.89. The van der Waals surface area contributed by atoms with Crippen LogP contribution in [0.1, 0.15) is 54.1 Å². The lowest BCUT2D eigenvalue weighted by Gasteiger charge is -2.32. The number of rotatable bonds is 9. The number of hydrogen-bond donors (Lipinski definition) is 1. The van der Waals surface area contributed by atoms with Crippen molar-refractivity contribution in [1.29, 1.82) is 0 Å². The summed E-state index contributed by atoms with van der Waals surface area (Å²) in [6.07, 6.45) is 10.1. The molecule has 1 fully saturated rings. The Labute approximate surface area is 235 Å². The molecule has 0 radical (unpaired) electrons. The van der Waals surface area contributed by atoms with Crippen molar-refractivity contribution in [2.75, 3.05) is 44.2 Å². The van der Waals surface area contributed by atoms with Gasteiger partial charge in [-0.1, -0.05) is 12.1 Å². The second-order valence-corrected chi connectivity index (χ2v) is 10.6. The van der Waals surface area contributed by atoms with Crippen LogP contribution in [0, 0.1) is 6.92 Å². The molecule has 1 atom stereocenters. The fraction of sp³-hybridized carbons (Fsp3) is 0.419. The average Bonchev–Trinajstić information content (AvgIpc) is 3.41. The zero-order chi connectivity index (χ0) is 27.2. The van der Waals surface area contributed by atoms with Crippen LogP contribution in [0.2, 0.25) is 0 Å². The van der Waals surface area contributed by atoms with E-state index in [1.807, 2.05) is 42.0 Å². The van der Waals surface area contributed by atoms with Crippen molar-refractivity contribution in [3.63, 3.8) is 0 Å².